The van der Waals surface area contributed by atoms with Gasteiger partial charge in [-0.1, -0.05) is 0 Å². The molecule has 13 nitrogen and oxygen atoms in total. The molecular formula is C15H31N11O2. The van der Waals surface area contributed by atoms with Gasteiger partial charge in [0.15, 0.2) is 11.9 Å². The van der Waals surface area contributed by atoms with Crippen LogP contribution in [0.25, 0.3) is 0 Å². The minimum atomic E-state index is -0.0816. The number of aliphatic imine (C=N–C) groups is 2. The highest BCUT2D eigenvalue weighted by Crippen LogP contribution is 2.13. The van der Waals surface area contributed by atoms with E-state index in [9.17, 15) is 10.2 Å². The van der Waals surface area contributed by atoms with Crippen molar-refractivity contribution in [2.45, 2.75) is 12.8 Å². The van der Waals surface area contributed by atoms with Crippen LogP contribution in [0, 0.1) is 0 Å². The van der Waals surface area contributed by atoms with Crippen LogP contribution in [0.3, 0.4) is 0 Å². The van der Waals surface area contributed by atoms with Crippen LogP contribution >= 0.6 is 0 Å². The highest BCUT2D eigenvalue weighted by molar-refractivity contribution is 5.75. The van der Waals surface area contributed by atoms with Gasteiger partial charge >= 0.3 is 0 Å². The number of nitrogens with zero attached hydrogens (tertiary/aromatic N) is 7. The topological polar surface area (TPSA) is 214 Å². The number of aliphatic hydroxyl groups is 2. The summed E-state index contributed by atoms with van der Waals surface area (Å²) in [4.78, 5) is 24.5. The van der Waals surface area contributed by atoms with Crippen LogP contribution in [-0.2, 0) is 0 Å². The predicted molar refractivity (Wildman–Crippen MR) is 109 cm³/mol. The maximum atomic E-state index is 9.21. The molecule has 0 bridgehead atoms. The molecule has 28 heavy (non-hydrogen) atoms. The molecule has 0 saturated heterocycles. The van der Waals surface area contributed by atoms with Crippen LogP contribution in [0.1, 0.15) is 12.8 Å². The monoisotopic (exact) mass is 397 g/mol. The van der Waals surface area contributed by atoms with Crippen LogP contribution in [-0.4, -0.2) is 89.6 Å². The van der Waals surface area contributed by atoms with Crippen molar-refractivity contribution in [3.63, 3.8) is 0 Å². The Morgan fingerprint density at radius 3 is 1.61 bits per heavy atom. The average Bonchev–Trinajstić information content (AvgIpc) is 2.66. The van der Waals surface area contributed by atoms with E-state index < -0.39 is 0 Å². The van der Waals surface area contributed by atoms with Crippen molar-refractivity contribution in [2.24, 2.45) is 32.9 Å². The fraction of sp³-hybridized carbons (Fsp3) is 0.667. The normalized spacial score (nSPS) is 10.4. The highest BCUT2D eigenvalue weighted by atomic mass is 16.3. The lowest BCUT2D eigenvalue weighted by molar-refractivity contribution is 0.280. The van der Waals surface area contributed by atoms with Crippen LogP contribution in [0.2, 0.25) is 0 Å². The Labute approximate surface area is 164 Å². The molecule has 0 amide bonds. The Morgan fingerprint density at radius 2 is 1.21 bits per heavy atom. The second-order valence-corrected chi connectivity index (χ2v) is 5.83. The van der Waals surface area contributed by atoms with Crippen molar-refractivity contribution in [2.75, 3.05) is 62.3 Å². The lowest BCUT2D eigenvalue weighted by Crippen LogP contribution is -2.33. The lowest BCUT2D eigenvalue weighted by atomic mass is 10.3. The van der Waals surface area contributed by atoms with E-state index in [0.29, 0.717) is 64.0 Å². The number of hydrogen-bond acceptors (Lipinski definition) is 9. The molecule has 0 aromatic carbocycles. The van der Waals surface area contributed by atoms with Gasteiger partial charge in [-0.05, 0) is 12.8 Å². The van der Waals surface area contributed by atoms with Crippen molar-refractivity contribution in [1.29, 1.82) is 0 Å². The van der Waals surface area contributed by atoms with Gasteiger partial charge in [0.1, 0.15) is 6.33 Å². The molecule has 1 aromatic rings. The molecule has 1 aromatic heterocycles. The summed E-state index contributed by atoms with van der Waals surface area (Å²) in [5, 5.41) is 18.4. The molecule has 13 heteroatoms. The summed E-state index contributed by atoms with van der Waals surface area (Å²) in [5.41, 5.74) is 21.4. The number of nitrogens with two attached hydrogens (primary N) is 4. The molecule has 0 aliphatic heterocycles. The van der Waals surface area contributed by atoms with E-state index in [0.717, 1.165) is 0 Å². The van der Waals surface area contributed by atoms with Gasteiger partial charge in [0.25, 0.3) is 0 Å². The van der Waals surface area contributed by atoms with Crippen molar-refractivity contribution >= 4 is 23.8 Å². The van der Waals surface area contributed by atoms with Gasteiger partial charge in [0, 0.05) is 39.3 Å². The summed E-state index contributed by atoms with van der Waals surface area (Å²) in [5.74, 6) is 0.947. The molecule has 158 valence electrons. The SMILES string of the molecule is NC(N)=NCCCN(CCCN=C(N)N)c1ncnc(N(CCO)CCO)n1. The van der Waals surface area contributed by atoms with E-state index in [1.165, 1.54) is 6.33 Å². The maximum absolute atomic E-state index is 9.21. The summed E-state index contributed by atoms with van der Waals surface area (Å²) < 4.78 is 0. The van der Waals surface area contributed by atoms with Gasteiger partial charge in [-0.2, -0.15) is 4.98 Å². The smallest absolute Gasteiger partial charge is 0.230 e. The third kappa shape index (κ3) is 9.14. The second kappa shape index (κ2) is 13.3. The van der Waals surface area contributed by atoms with E-state index in [4.69, 9.17) is 22.9 Å². The number of rotatable bonds is 14. The van der Waals surface area contributed by atoms with Gasteiger partial charge in [-0.3, -0.25) is 9.98 Å². The van der Waals surface area contributed by atoms with Gasteiger partial charge in [0.2, 0.25) is 11.9 Å². The summed E-state index contributed by atoms with van der Waals surface area (Å²) in [6, 6.07) is 0. The maximum Gasteiger partial charge on any atom is 0.230 e. The van der Waals surface area contributed by atoms with Crippen LogP contribution in [0.15, 0.2) is 16.3 Å². The van der Waals surface area contributed by atoms with Crippen molar-refractivity contribution in [3.8, 4) is 0 Å². The molecule has 1 rings (SSSR count). The van der Waals surface area contributed by atoms with Gasteiger partial charge in [-0.25, -0.2) is 9.97 Å². The Hall–Kier alpha value is -2.93. The summed E-state index contributed by atoms with van der Waals surface area (Å²) in [6.07, 6.45) is 2.79. The highest BCUT2D eigenvalue weighted by Gasteiger charge is 2.14. The lowest BCUT2D eigenvalue weighted by Gasteiger charge is -2.25. The number of aromatic nitrogens is 3. The zero-order valence-corrected chi connectivity index (χ0v) is 16.0. The Bertz CT molecular complexity index is 588. The van der Waals surface area contributed by atoms with Crippen molar-refractivity contribution < 1.29 is 10.2 Å². The summed E-state index contributed by atoms with van der Waals surface area (Å²) >= 11 is 0. The molecular weight excluding hydrogens is 366 g/mol. The van der Waals surface area contributed by atoms with Crippen LogP contribution < -0.4 is 32.7 Å². The number of anilines is 2. The summed E-state index contributed by atoms with van der Waals surface area (Å²) in [7, 11) is 0. The van der Waals surface area contributed by atoms with Crippen molar-refractivity contribution in [3.05, 3.63) is 6.33 Å². The Kier molecular flexibility index (Phi) is 11.0. The minimum Gasteiger partial charge on any atom is -0.395 e. The van der Waals surface area contributed by atoms with Gasteiger partial charge < -0.3 is 42.9 Å². The first-order valence-corrected chi connectivity index (χ1v) is 8.99. The molecule has 10 N–H and O–H groups in total. The fourth-order valence-corrected chi connectivity index (χ4v) is 2.39. The first-order valence-electron chi connectivity index (χ1n) is 8.99. The van der Waals surface area contributed by atoms with Gasteiger partial charge in [0.05, 0.1) is 13.2 Å². The Morgan fingerprint density at radius 1 is 0.786 bits per heavy atom. The molecule has 0 saturated carbocycles. The molecule has 0 aliphatic carbocycles. The van der Waals surface area contributed by atoms with Crippen LogP contribution in [0.5, 0.6) is 0 Å². The van der Waals surface area contributed by atoms with Crippen molar-refractivity contribution in [1.82, 2.24) is 15.0 Å². The number of aliphatic hydroxyl groups excluding tert-OH is 2. The molecule has 0 atom stereocenters. The minimum absolute atomic E-state index is 0.0467. The fourth-order valence-electron chi connectivity index (χ4n) is 2.39. The molecule has 1 heterocycles. The number of hydrogen-bond donors (Lipinski definition) is 6. The van der Waals surface area contributed by atoms with E-state index in [2.05, 4.69) is 24.9 Å². The van der Waals surface area contributed by atoms with E-state index in [1.54, 1.807) is 4.90 Å². The molecule has 0 fully saturated rings. The molecule has 0 aliphatic rings. The predicted octanol–water partition coefficient (Wildman–Crippen LogP) is -3.20. The zero-order valence-electron chi connectivity index (χ0n) is 16.0. The summed E-state index contributed by atoms with van der Waals surface area (Å²) in [6.45, 7) is 2.63. The third-order valence-corrected chi connectivity index (χ3v) is 3.61. The van der Waals surface area contributed by atoms with E-state index >= 15 is 0 Å². The molecule has 0 radical (unpaired) electrons. The first kappa shape index (κ1) is 23.1. The second-order valence-electron chi connectivity index (χ2n) is 5.83. The standard InChI is InChI=1S/C15H31N11O2/c16-12(17)20-3-1-5-25(6-2-4-21-13(18)19)14-22-11-23-15(24-14)26(7-9-27)8-10-28/h11,27-28H,1-10H2,(H4,16,17,20)(H4,18,19,21). The molecule has 0 spiro atoms. The quantitative estimate of drug-likeness (QED) is 0.104. The number of guanidine groups is 2. The van der Waals surface area contributed by atoms with E-state index in [1.807, 2.05) is 4.90 Å². The zero-order chi connectivity index (χ0) is 20.8. The van der Waals surface area contributed by atoms with Crippen LogP contribution in [0.4, 0.5) is 11.9 Å². The molecule has 0 unspecified atom stereocenters. The first-order chi connectivity index (χ1) is 13.5. The average molecular weight is 397 g/mol. The van der Waals surface area contributed by atoms with E-state index in [-0.39, 0.29) is 25.1 Å². The third-order valence-electron chi connectivity index (χ3n) is 3.61. The Balaban J connectivity index is 2.88. The largest absolute Gasteiger partial charge is 0.395 e. The van der Waals surface area contributed by atoms with Gasteiger partial charge in [-0.15, -0.1) is 0 Å².